The molecule has 1 heterocycles. The van der Waals surface area contributed by atoms with Gasteiger partial charge in [0, 0.05) is 21.1 Å². The van der Waals surface area contributed by atoms with Crippen LogP contribution in [0.1, 0.15) is 55.4 Å². The predicted octanol–water partition coefficient (Wildman–Crippen LogP) is 7.07. The fourth-order valence-electron chi connectivity index (χ4n) is 3.83. The van der Waals surface area contributed by atoms with Crippen molar-refractivity contribution in [3.63, 3.8) is 0 Å². The predicted molar refractivity (Wildman–Crippen MR) is 150 cm³/mol. The molecule has 0 aromatic heterocycles. The van der Waals surface area contributed by atoms with Gasteiger partial charge in [0.2, 0.25) is 0 Å². The summed E-state index contributed by atoms with van der Waals surface area (Å²) in [6.07, 6.45) is 8.41. The van der Waals surface area contributed by atoms with Gasteiger partial charge >= 0.3 is 6.09 Å². The molecule has 36 heavy (non-hydrogen) atoms. The number of rotatable bonds is 7. The van der Waals surface area contributed by atoms with E-state index in [0.717, 1.165) is 16.1 Å². The standard InChI is InChI=1S/C27H41NO4S.C2H4O/c1-9-14-23(15-10-2)33(27(6,7)8,24-16-12-11-13-17-24)31-21-22-20-30-19-18-28(22)25(29)32-26(3,4)5;1-2-3/h9-17,22H,1,18-21H2,2-8H3;2H,1H3/b15-10-,23-14+;. The second-order valence-electron chi connectivity index (χ2n) is 10.2. The molecule has 1 fully saturated rings. The summed E-state index contributed by atoms with van der Waals surface area (Å²) in [5.74, 6) is 0. The van der Waals surface area contributed by atoms with Gasteiger partial charge in [-0.2, -0.15) is 0 Å². The number of ether oxygens (including phenoxy) is 2. The van der Waals surface area contributed by atoms with E-state index in [1.54, 1.807) is 4.90 Å². The summed E-state index contributed by atoms with van der Waals surface area (Å²) in [6.45, 7) is 21.4. The summed E-state index contributed by atoms with van der Waals surface area (Å²) in [6, 6.07) is 10.1. The summed E-state index contributed by atoms with van der Waals surface area (Å²) in [4.78, 5) is 25.7. The number of nitrogens with zero attached hydrogens (tertiary/aromatic N) is 1. The van der Waals surface area contributed by atoms with E-state index in [1.165, 1.54) is 6.92 Å². The summed E-state index contributed by atoms with van der Waals surface area (Å²) >= 11 is 0. The number of morpholine rings is 1. The van der Waals surface area contributed by atoms with Gasteiger partial charge in [-0.05, 0) is 73.6 Å². The average molecular weight is 520 g/mol. The smallest absolute Gasteiger partial charge is 0.410 e. The summed E-state index contributed by atoms with van der Waals surface area (Å²) in [5, 5.41) is 0. The molecule has 2 rings (SSSR count). The minimum Gasteiger partial charge on any atom is -0.444 e. The molecule has 2 atom stereocenters. The van der Waals surface area contributed by atoms with Crippen molar-refractivity contribution in [1.29, 1.82) is 0 Å². The van der Waals surface area contributed by atoms with Crippen LogP contribution in [0, 0.1) is 0 Å². The van der Waals surface area contributed by atoms with Crippen LogP contribution in [0.15, 0.2) is 71.0 Å². The molecular formula is C29H45NO5S. The van der Waals surface area contributed by atoms with Crippen molar-refractivity contribution in [1.82, 2.24) is 4.90 Å². The highest BCUT2D eigenvalue weighted by Gasteiger charge is 2.43. The van der Waals surface area contributed by atoms with Gasteiger partial charge in [-0.3, -0.25) is 4.90 Å². The van der Waals surface area contributed by atoms with E-state index < -0.39 is 15.9 Å². The van der Waals surface area contributed by atoms with E-state index in [9.17, 15) is 4.79 Å². The van der Waals surface area contributed by atoms with Crippen LogP contribution in [0.25, 0.3) is 0 Å². The quantitative estimate of drug-likeness (QED) is 0.285. The Bertz CT molecular complexity index is 898. The second-order valence-corrected chi connectivity index (χ2v) is 13.7. The van der Waals surface area contributed by atoms with Gasteiger partial charge in [0.05, 0.1) is 25.9 Å². The van der Waals surface area contributed by atoms with Crippen LogP contribution in [0.5, 0.6) is 0 Å². The van der Waals surface area contributed by atoms with Crippen molar-refractivity contribution >= 4 is 22.7 Å². The first-order chi connectivity index (χ1) is 16.9. The maximum absolute atomic E-state index is 12.9. The second kappa shape index (κ2) is 14.4. The van der Waals surface area contributed by atoms with Crippen molar-refractivity contribution in [2.45, 2.75) is 76.7 Å². The van der Waals surface area contributed by atoms with Crippen molar-refractivity contribution in [3.8, 4) is 0 Å². The topological polar surface area (TPSA) is 65.1 Å². The first-order valence-corrected chi connectivity index (χ1v) is 13.9. The van der Waals surface area contributed by atoms with Crippen LogP contribution >= 0.6 is 10.3 Å². The largest absolute Gasteiger partial charge is 0.444 e. The third kappa shape index (κ3) is 8.64. The molecule has 7 heteroatoms. The van der Waals surface area contributed by atoms with Crippen LogP contribution in [0.4, 0.5) is 4.79 Å². The van der Waals surface area contributed by atoms with E-state index >= 15 is 0 Å². The number of amides is 1. The molecule has 0 spiro atoms. The number of hydrogen-bond acceptors (Lipinski definition) is 5. The Morgan fingerprint density at radius 2 is 1.78 bits per heavy atom. The maximum atomic E-state index is 12.9. The zero-order chi connectivity index (χ0) is 27.4. The number of benzene rings is 1. The van der Waals surface area contributed by atoms with Crippen LogP contribution in [0.2, 0.25) is 0 Å². The first kappa shape index (κ1) is 31.7. The zero-order valence-corrected chi connectivity index (χ0v) is 24.1. The van der Waals surface area contributed by atoms with Gasteiger partial charge in [-0.25, -0.2) is 4.79 Å². The molecule has 1 amide bonds. The molecule has 6 nitrogen and oxygen atoms in total. The van der Waals surface area contributed by atoms with E-state index in [1.807, 2.05) is 64.1 Å². The number of carbonyl (C=O) groups excluding carboxylic acids is 2. The minimum atomic E-state index is -1.97. The van der Waals surface area contributed by atoms with Gasteiger partial charge in [0.1, 0.15) is 11.9 Å². The average Bonchev–Trinajstić information content (AvgIpc) is 2.79. The Morgan fingerprint density at radius 3 is 2.28 bits per heavy atom. The van der Waals surface area contributed by atoms with E-state index in [-0.39, 0.29) is 16.9 Å². The number of carbonyl (C=O) groups is 2. The number of hydrogen-bond donors (Lipinski definition) is 0. The third-order valence-electron chi connectivity index (χ3n) is 5.18. The van der Waals surface area contributed by atoms with Crippen LogP contribution in [-0.4, -0.2) is 60.0 Å². The SMILES string of the molecule is C=C/C=C(\C=C/C)S(OCC1COCCN1C(=O)OC(C)(C)C)(c1ccccc1)C(C)(C)C.CC=O. The number of aldehydes is 1. The van der Waals surface area contributed by atoms with E-state index in [4.69, 9.17) is 18.5 Å². The highest BCUT2D eigenvalue weighted by molar-refractivity contribution is 8.34. The molecule has 0 N–H and O–H groups in total. The third-order valence-corrected chi connectivity index (χ3v) is 9.26. The lowest BCUT2D eigenvalue weighted by Gasteiger charge is -2.52. The molecule has 0 radical (unpaired) electrons. The van der Waals surface area contributed by atoms with Crippen molar-refractivity contribution in [2.24, 2.45) is 0 Å². The Kier molecular flexibility index (Phi) is 12.7. The van der Waals surface area contributed by atoms with Crippen LogP contribution < -0.4 is 0 Å². The maximum Gasteiger partial charge on any atom is 0.410 e. The molecule has 1 saturated heterocycles. The molecule has 0 saturated carbocycles. The molecule has 0 bridgehead atoms. The Balaban J connectivity index is 0.00000205. The first-order valence-electron chi connectivity index (χ1n) is 12.3. The monoisotopic (exact) mass is 519 g/mol. The molecule has 0 aliphatic carbocycles. The molecule has 2 unspecified atom stereocenters. The van der Waals surface area contributed by atoms with Gasteiger partial charge in [-0.15, -0.1) is 0 Å². The molecular weight excluding hydrogens is 474 g/mol. The lowest BCUT2D eigenvalue weighted by molar-refractivity contribution is -0.106. The molecule has 1 aliphatic heterocycles. The molecule has 1 aromatic carbocycles. The Morgan fingerprint density at radius 1 is 1.17 bits per heavy atom. The molecule has 1 aromatic rings. The summed E-state index contributed by atoms with van der Waals surface area (Å²) < 4.78 is 18.2. The van der Waals surface area contributed by atoms with Gasteiger partial charge in [0.15, 0.2) is 0 Å². The van der Waals surface area contributed by atoms with E-state index in [0.29, 0.717) is 26.4 Å². The van der Waals surface area contributed by atoms with Crippen molar-refractivity contribution in [2.75, 3.05) is 26.4 Å². The van der Waals surface area contributed by atoms with Crippen LogP contribution in [-0.2, 0) is 18.5 Å². The Hall–Kier alpha value is -2.35. The highest BCUT2D eigenvalue weighted by atomic mass is 32.3. The summed E-state index contributed by atoms with van der Waals surface area (Å²) in [7, 11) is -1.97. The lowest BCUT2D eigenvalue weighted by Crippen LogP contribution is -2.52. The minimum absolute atomic E-state index is 0.227. The lowest BCUT2D eigenvalue weighted by atomic mass is 10.2. The zero-order valence-electron chi connectivity index (χ0n) is 23.3. The fraction of sp³-hybridized carbons (Fsp3) is 0.517. The van der Waals surface area contributed by atoms with Gasteiger partial charge < -0.3 is 18.5 Å². The summed E-state index contributed by atoms with van der Waals surface area (Å²) in [5.41, 5.74) is -0.558. The van der Waals surface area contributed by atoms with Crippen molar-refractivity contribution in [3.05, 3.63) is 66.1 Å². The van der Waals surface area contributed by atoms with Gasteiger partial charge in [-0.1, -0.05) is 53.3 Å². The van der Waals surface area contributed by atoms with E-state index in [2.05, 4.69) is 45.6 Å². The van der Waals surface area contributed by atoms with Crippen molar-refractivity contribution < 1.29 is 23.2 Å². The molecule has 1 aliphatic rings. The van der Waals surface area contributed by atoms with Gasteiger partial charge in [0.25, 0.3) is 0 Å². The number of allylic oxidation sites excluding steroid dienone is 4. The highest BCUT2D eigenvalue weighted by Crippen LogP contribution is 2.71. The fourth-order valence-corrected chi connectivity index (χ4v) is 7.66. The normalized spacial score (nSPS) is 19.5. The van der Waals surface area contributed by atoms with Crippen LogP contribution in [0.3, 0.4) is 0 Å². The molecule has 202 valence electrons. The Labute approximate surface area is 219 Å².